The van der Waals surface area contributed by atoms with Crippen LogP contribution in [0.4, 0.5) is 0 Å². The Hall–Kier alpha value is -0.530. The molecule has 0 aromatic heterocycles. The van der Waals surface area contributed by atoms with Gasteiger partial charge in [-0.2, -0.15) is 0 Å². The molecule has 2 nitrogen and oxygen atoms in total. The number of rotatable bonds is 2. The fraction of sp³-hybridized carbons (Fsp3) is 0.933. The van der Waals surface area contributed by atoms with E-state index in [1.165, 1.54) is 0 Å². The average molecular weight is 238 g/mol. The maximum absolute atomic E-state index is 12.1. The summed E-state index contributed by atoms with van der Waals surface area (Å²) >= 11 is 0. The normalized spacial score (nSPS) is 45.5. The van der Waals surface area contributed by atoms with Gasteiger partial charge in [0, 0.05) is 5.92 Å². The summed E-state index contributed by atoms with van der Waals surface area (Å²) in [5.74, 6) is 2.20. The Labute approximate surface area is 105 Å². The van der Waals surface area contributed by atoms with Crippen LogP contribution in [0.25, 0.3) is 0 Å². The summed E-state index contributed by atoms with van der Waals surface area (Å²) in [6, 6.07) is 0. The van der Waals surface area contributed by atoms with E-state index in [2.05, 4.69) is 41.5 Å². The minimum atomic E-state index is 0.0573. The largest absolute Gasteiger partial charge is 0.462 e. The van der Waals surface area contributed by atoms with Gasteiger partial charge in [-0.3, -0.25) is 4.79 Å². The van der Waals surface area contributed by atoms with Crippen LogP contribution in [-0.2, 0) is 9.53 Å². The molecule has 2 heteroatoms. The number of hydrogen-bond acceptors (Lipinski definition) is 2. The first kappa shape index (κ1) is 12.9. The Morgan fingerprint density at radius 1 is 1.29 bits per heavy atom. The van der Waals surface area contributed by atoms with Gasteiger partial charge in [0.05, 0.1) is 5.92 Å². The van der Waals surface area contributed by atoms with Crippen LogP contribution in [-0.4, -0.2) is 12.1 Å². The molecule has 0 radical (unpaired) electrons. The lowest BCUT2D eigenvalue weighted by atomic mass is 9.54. The lowest BCUT2D eigenvalue weighted by Gasteiger charge is -2.47. The highest BCUT2D eigenvalue weighted by atomic mass is 16.6. The van der Waals surface area contributed by atoms with E-state index in [0.29, 0.717) is 23.7 Å². The van der Waals surface area contributed by atoms with Gasteiger partial charge in [-0.1, -0.05) is 41.5 Å². The van der Waals surface area contributed by atoms with Crippen LogP contribution in [0, 0.1) is 35.0 Å². The van der Waals surface area contributed by atoms with Crippen LogP contribution in [0.1, 0.15) is 48.0 Å². The second kappa shape index (κ2) is 4.00. The van der Waals surface area contributed by atoms with Crippen LogP contribution >= 0.6 is 0 Å². The maximum Gasteiger partial charge on any atom is 0.310 e. The lowest BCUT2D eigenvalue weighted by molar-refractivity contribution is -0.146. The Morgan fingerprint density at radius 2 is 1.88 bits per heavy atom. The minimum Gasteiger partial charge on any atom is -0.462 e. The third-order valence-electron chi connectivity index (χ3n) is 5.53. The van der Waals surface area contributed by atoms with Crippen molar-refractivity contribution in [2.45, 2.75) is 54.1 Å². The summed E-state index contributed by atoms with van der Waals surface area (Å²) in [5.41, 5.74) is 0.110. The molecule has 2 aliphatic rings. The van der Waals surface area contributed by atoms with E-state index in [4.69, 9.17) is 4.74 Å². The molecule has 2 bridgehead atoms. The summed E-state index contributed by atoms with van der Waals surface area (Å²) in [7, 11) is 0. The molecule has 2 rings (SSSR count). The van der Waals surface area contributed by atoms with E-state index in [1.54, 1.807) is 0 Å². The zero-order valence-electron chi connectivity index (χ0n) is 12.0. The van der Waals surface area contributed by atoms with Crippen molar-refractivity contribution in [2.75, 3.05) is 0 Å². The number of fused-ring (bicyclic) bond motifs is 2. The van der Waals surface area contributed by atoms with E-state index in [9.17, 15) is 4.79 Å². The molecular formula is C15H26O2. The van der Waals surface area contributed by atoms with Gasteiger partial charge in [-0.25, -0.2) is 0 Å². The molecule has 1 heterocycles. The van der Waals surface area contributed by atoms with Gasteiger partial charge in [-0.05, 0) is 29.6 Å². The highest BCUT2D eigenvalue weighted by Gasteiger charge is 2.60. The molecule has 0 N–H and O–H groups in total. The first-order chi connectivity index (χ1) is 7.79. The van der Waals surface area contributed by atoms with Crippen molar-refractivity contribution in [1.82, 2.24) is 0 Å². The summed E-state index contributed by atoms with van der Waals surface area (Å²) in [6.07, 6.45) is 1.30. The van der Waals surface area contributed by atoms with Gasteiger partial charge in [-0.15, -0.1) is 0 Å². The third-order valence-corrected chi connectivity index (χ3v) is 5.53. The predicted octanol–water partition coefficient (Wildman–Crippen LogP) is 3.50. The Kier molecular flexibility index (Phi) is 3.04. The second-order valence-corrected chi connectivity index (χ2v) is 7.01. The van der Waals surface area contributed by atoms with Crippen LogP contribution in [0.15, 0.2) is 0 Å². The molecule has 5 atom stereocenters. The number of carbonyl (C=O) groups excluding carboxylic acids is 1. The molecule has 5 unspecified atom stereocenters. The zero-order chi connectivity index (χ0) is 13.0. The van der Waals surface area contributed by atoms with Crippen LogP contribution in [0.5, 0.6) is 0 Å². The van der Waals surface area contributed by atoms with Gasteiger partial charge in [0.25, 0.3) is 0 Å². The highest BCUT2D eigenvalue weighted by Crippen LogP contribution is 2.57. The summed E-state index contributed by atoms with van der Waals surface area (Å²) in [4.78, 5) is 12.1. The third kappa shape index (κ3) is 1.71. The molecule has 1 saturated carbocycles. The molecule has 0 spiro atoms. The fourth-order valence-electron chi connectivity index (χ4n) is 4.03. The average Bonchev–Trinajstić information content (AvgIpc) is 2.41. The molecule has 0 amide bonds. The number of esters is 1. The van der Waals surface area contributed by atoms with Crippen molar-refractivity contribution in [3.63, 3.8) is 0 Å². The minimum absolute atomic E-state index is 0.0573. The molecule has 0 aromatic carbocycles. The van der Waals surface area contributed by atoms with Crippen molar-refractivity contribution in [3.8, 4) is 0 Å². The van der Waals surface area contributed by atoms with Gasteiger partial charge in [0.2, 0.25) is 0 Å². The Morgan fingerprint density at radius 3 is 2.35 bits per heavy atom. The van der Waals surface area contributed by atoms with Gasteiger partial charge < -0.3 is 4.74 Å². The van der Waals surface area contributed by atoms with Crippen molar-refractivity contribution in [3.05, 3.63) is 0 Å². The molecule has 1 aliphatic heterocycles. The van der Waals surface area contributed by atoms with Crippen molar-refractivity contribution < 1.29 is 9.53 Å². The zero-order valence-corrected chi connectivity index (χ0v) is 12.0. The van der Waals surface area contributed by atoms with Gasteiger partial charge >= 0.3 is 5.97 Å². The first-order valence-corrected chi connectivity index (χ1v) is 6.99. The van der Waals surface area contributed by atoms with Crippen LogP contribution in [0.3, 0.4) is 0 Å². The van der Waals surface area contributed by atoms with E-state index in [-0.39, 0.29) is 23.4 Å². The Bertz CT molecular complexity index is 321. The first-order valence-electron chi connectivity index (χ1n) is 6.99. The van der Waals surface area contributed by atoms with Gasteiger partial charge in [0.1, 0.15) is 6.10 Å². The number of carbonyl (C=O) groups is 1. The number of hydrogen-bond donors (Lipinski definition) is 0. The summed E-state index contributed by atoms with van der Waals surface area (Å²) < 4.78 is 5.68. The van der Waals surface area contributed by atoms with Crippen molar-refractivity contribution in [2.24, 2.45) is 35.0 Å². The van der Waals surface area contributed by atoms with Crippen molar-refractivity contribution >= 4 is 5.97 Å². The smallest absolute Gasteiger partial charge is 0.310 e. The van der Waals surface area contributed by atoms with Crippen molar-refractivity contribution in [1.29, 1.82) is 0 Å². The van der Waals surface area contributed by atoms with E-state index in [1.807, 2.05) is 0 Å². The molecule has 17 heavy (non-hydrogen) atoms. The molecule has 0 aromatic rings. The second-order valence-electron chi connectivity index (χ2n) is 7.01. The summed E-state index contributed by atoms with van der Waals surface area (Å²) in [6.45, 7) is 13.5. The number of ether oxygens (including phenoxy) is 1. The molecule has 1 saturated heterocycles. The van der Waals surface area contributed by atoms with Crippen LogP contribution in [0.2, 0.25) is 0 Å². The van der Waals surface area contributed by atoms with Gasteiger partial charge in [0.15, 0.2) is 0 Å². The van der Waals surface area contributed by atoms with E-state index < -0.39 is 0 Å². The summed E-state index contributed by atoms with van der Waals surface area (Å²) in [5, 5.41) is 0. The quantitative estimate of drug-likeness (QED) is 0.688. The van der Waals surface area contributed by atoms with E-state index >= 15 is 0 Å². The monoisotopic (exact) mass is 238 g/mol. The SMILES string of the molecule is CC(C)C1CC(C)(C(C)C)C2C(=O)OC1C2C. The lowest BCUT2D eigenvalue weighted by Crippen LogP contribution is -2.47. The molecule has 1 aliphatic carbocycles. The predicted molar refractivity (Wildman–Crippen MR) is 68.4 cm³/mol. The highest BCUT2D eigenvalue weighted by molar-refractivity contribution is 5.76. The van der Waals surface area contributed by atoms with E-state index in [0.717, 1.165) is 6.42 Å². The Balaban J connectivity index is 2.40. The topological polar surface area (TPSA) is 26.3 Å². The van der Waals surface area contributed by atoms with Crippen LogP contribution < -0.4 is 0 Å². The molecule has 2 fully saturated rings. The molecular weight excluding hydrogens is 212 g/mol. The maximum atomic E-state index is 12.1. The standard InChI is InChI=1S/C15H26O2/c1-8(2)11-7-15(6,9(3)4)12-10(5)13(11)17-14(12)16/h8-13H,7H2,1-6H3. The molecule has 98 valence electrons. The fourth-order valence-corrected chi connectivity index (χ4v) is 4.03.